The molecule has 0 amide bonds. The molecule has 2 N–H and O–H groups in total. The molecule has 200 valence electrons. The van der Waals surface area contributed by atoms with Crippen molar-refractivity contribution in [2.45, 2.75) is 38.2 Å². The fraction of sp³-hybridized carbons (Fsp3) is 0.250. The van der Waals surface area contributed by atoms with Gasteiger partial charge in [0.15, 0.2) is 17.3 Å². The first kappa shape index (κ1) is 26.1. The van der Waals surface area contributed by atoms with Crippen LogP contribution < -0.4 is 14.8 Å². The number of hydrogen-bond donors (Lipinski definition) is 2. The standard InChI is InChI=1S/C32H31NO6/c1-19-29(32(36)39-18-20-7-5-4-6-8-20)30(21-9-12-24(34)13-10-21)31-25(33-19)15-23(16-26(31)35)22-11-14-27(37-2)28(17-22)38-3/h4-14,17,23,30,33-34H,15-16,18H2,1-3H3. The van der Waals surface area contributed by atoms with Gasteiger partial charge in [-0.25, -0.2) is 4.79 Å². The maximum atomic E-state index is 13.8. The third kappa shape index (κ3) is 5.25. The Balaban J connectivity index is 1.50. The van der Waals surface area contributed by atoms with Gasteiger partial charge in [-0.2, -0.15) is 0 Å². The third-order valence-corrected chi connectivity index (χ3v) is 7.37. The van der Waals surface area contributed by atoms with Crippen molar-refractivity contribution >= 4 is 11.8 Å². The number of methoxy groups -OCH3 is 2. The summed E-state index contributed by atoms with van der Waals surface area (Å²) in [5.74, 6) is 0.154. The number of nitrogens with one attached hydrogen (secondary N) is 1. The Morgan fingerprint density at radius 2 is 1.62 bits per heavy atom. The summed E-state index contributed by atoms with van der Waals surface area (Å²) in [5.41, 5.74) is 4.99. The predicted molar refractivity (Wildman–Crippen MR) is 146 cm³/mol. The molecule has 2 aliphatic rings. The number of phenolic OH excluding ortho intramolecular Hbond substituents is 1. The van der Waals surface area contributed by atoms with Crippen molar-refractivity contribution in [3.8, 4) is 17.2 Å². The van der Waals surface area contributed by atoms with Gasteiger partial charge in [0.25, 0.3) is 0 Å². The molecule has 3 aromatic carbocycles. The Morgan fingerprint density at radius 1 is 0.923 bits per heavy atom. The number of dihydropyridines is 1. The van der Waals surface area contributed by atoms with E-state index < -0.39 is 11.9 Å². The van der Waals surface area contributed by atoms with Gasteiger partial charge in [0, 0.05) is 29.3 Å². The van der Waals surface area contributed by atoms with E-state index in [-0.39, 0.29) is 30.5 Å². The second-order valence-electron chi connectivity index (χ2n) is 9.78. The second-order valence-corrected chi connectivity index (χ2v) is 9.78. The summed E-state index contributed by atoms with van der Waals surface area (Å²) >= 11 is 0. The van der Waals surface area contributed by atoms with Gasteiger partial charge in [-0.1, -0.05) is 48.5 Å². The molecular formula is C32H31NO6. The number of Topliss-reactive ketones (excluding diaryl/α,β-unsaturated/α-hetero) is 1. The largest absolute Gasteiger partial charge is 0.508 e. The van der Waals surface area contributed by atoms with E-state index in [9.17, 15) is 14.7 Å². The van der Waals surface area contributed by atoms with Crippen LogP contribution in [0.5, 0.6) is 17.2 Å². The van der Waals surface area contributed by atoms with Gasteiger partial charge in [0.05, 0.1) is 19.8 Å². The van der Waals surface area contributed by atoms with Crippen LogP contribution in [0.25, 0.3) is 0 Å². The highest BCUT2D eigenvalue weighted by Gasteiger charge is 2.41. The fourth-order valence-electron chi connectivity index (χ4n) is 5.45. The number of phenols is 1. The molecule has 0 fully saturated rings. The molecule has 3 aromatic rings. The molecule has 1 aliphatic carbocycles. The van der Waals surface area contributed by atoms with Gasteiger partial charge in [0.1, 0.15) is 12.4 Å². The van der Waals surface area contributed by atoms with Gasteiger partial charge in [-0.3, -0.25) is 4.79 Å². The SMILES string of the molecule is COc1ccc(C2CC(=O)C3=C(C2)NC(C)=C(C(=O)OCc2ccccc2)C3c2ccc(O)cc2)cc1OC. The lowest BCUT2D eigenvalue weighted by atomic mass is 9.71. The summed E-state index contributed by atoms with van der Waals surface area (Å²) in [6.45, 7) is 1.96. The minimum atomic E-state index is -0.607. The fourth-order valence-corrected chi connectivity index (χ4v) is 5.45. The molecular weight excluding hydrogens is 494 g/mol. The number of allylic oxidation sites excluding steroid dienone is 3. The second kappa shape index (κ2) is 11.1. The van der Waals surface area contributed by atoms with Crippen LogP contribution in [0, 0.1) is 0 Å². The number of ketones is 1. The normalized spacial score (nSPS) is 18.8. The van der Waals surface area contributed by atoms with Gasteiger partial charge >= 0.3 is 5.97 Å². The molecule has 0 bridgehead atoms. The van der Waals surface area contributed by atoms with E-state index in [1.165, 1.54) is 0 Å². The van der Waals surface area contributed by atoms with Crippen LogP contribution in [-0.2, 0) is 20.9 Å². The van der Waals surface area contributed by atoms with Crippen LogP contribution in [0.1, 0.15) is 48.3 Å². The number of carbonyl (C=O) groups is 2. The van der Waals surface area contributed by atoms with Gasteiger partial charge in [0.2, 0.25) is 0 Å². The Hall–Kier alpha value is -4.52. The zero-order valence-corrected chi connectivity index (χ0v) is 22.2. The molecule has 0 saturated carbocycles. The van der Waals surface area contributed by atoms with Crippen molar-refractivity contribution in [3.05, 3.63) is 112 Å². The third-order valence-electron chi connectivity index (χ3n) is 7.37. The van der Waals surface area contributed by atoms with Crippen molar-refractivity contribution in [3.63, 3.8) is 0 Å². The van der Waals surface area contributed by atoms with Gasteiger partial charge in [-0.15, -0.1) is 0 Å². The minimum Gasteiger partial charge on any atom is -0.508 e. The highest BCUT2D eigenvalue weighted by atomic mass is 16.5. The molecule has 2 atom stereocenters. The number of esters is 1. The zero-order valence-electron chi connectivity index (χ0n) is 22.2. The highest BCUT2D eigenvalue weighted by molar-refractivity contribution is 6.04. The quantitative estimate of drug-likeness (QED) is 0.393. The molecule has 39 heavy (non-hydrogen) atoms. The molecule has 0 aromatic heterocycles. The van der Waals surface area contributed by atoms with Crippen molar-refractivity contribution < 1.29 is 28.9 Å². The maximum absolute atomic E-state index is 13.8. The minimum absolute atomic E-state index is 0.0394. The van der Waals surface area contributed by atoms with E-state index in [2.05, 4.69) is 5.32 Å². The first-order valence-corrected chi connectivity index (χ1v) is 12.9. The Bertz CT molecular complexity index is 1460. The van der Waals surface area contributed by atoms with Crippen LogP contribution >= 0.6 is 0 Å². The number of hydrogen-bond acceptors (Lipinski definition) is 7. The summed E-state index contributed by atoms with van der Waals surface area (Å²) in [6.07, 6.45) is 0.880. The predicted octanol–water partition coefficient (Wildman–Crippen LogP) is 5.51. The summed E-state index contributed by atoms with van der Waals surface area (Å²) in [6, 6.07) is 21.8. The highest BCUT2D eigenvalue weighted by Crippen LogP contribution is 2.46. The molecule has 0 radical (unpaired) electrons. The summed E-state index contributed by atoms with van der Waals surface area (Å²) < 4.78 is 16.6. The topological polar surface area (TPSA) is 94.1 Å². The van der Waals surface area contributed by atoms with Crippen LogP contribution in [0.2, 0.25) is 0 Å². The van der Waals surface area contributed by atoms with E-state index in [4.69, 9.17) is 14.2 Å². The van der Waals surface area contributed by atoms with E-state index in [0.29, 0.717) is 34.8 Å². The van der Waals surface area contributed by atoms with E-state index in [1.54, 1.807) is 38.5 Å². The number of benzene rings is 3. The smallest absolute Gasteiger partial charge is 0.337 e. The number of carbonyl (C=O) groups excluding carboxylic acids is 2. The van der Waals surface area contributed by atoms with E-state index in [0.717, 1.165) is 22.4 Å². The van der Waals surface area contributed by atoms with Crippen LogP contribution in [0.4, 0.5) is 0 Å². The van der Waals surface area contributed by atoms with Crippen molar-refractivity contribution in [1.29, 1.82) is 0 Å². The van der Waals surface area contributed by atoms with Crippen molar-refractivity contribution in [1.82, 2.24) is 5.32 Å². The molecule has 5 rings (SSSR count). The molecule has 0 saturated heterocycles. The van der Waals surface area contributed by atoms with Crippen molar-refractivity contribution in [2.75, 3.05) is 14.2 Å². The summed E-state index contributed by atoms with van der Waals surface area (Å²) in [5, 5.41) is 13.3. The van der Waals surface area contributed by atoms with Crippen LogP contribution in [0.15, 0.2) is 95.3 Å². The lowest BCUT2D eigenvalue weighted by Gasteiger charge is -2.36. The average molecular weight is 526 g/mol. The Kier molecular flexibility index (Phi) is 7.41. The van der Waals surface area contributed by atoms with Gasteiger partial charge < -0.3 is 24.6 Å². The van der Waals surface area contributed by atoms with E-state index in [1.807, 2.05) is 55.5 Å². The Morgan fingerprint density at radius 3 is 2.31 bits per heavy atom. The lowest BCUT2D eigenvalue weighted by molar-refractivity contribution is -0.140. The summed E-state index contributed by atoms with van der Waals surface area (Å²) in [7, 11) is 3.18. The van der Waals surface area contributed by atoms with Crippen molar-refractivity contribution in [2.24, 2.45) is 0 Å². The number of ether oxygens (including phenoxy) is 3. The maximum Gasteiger partial charge on any atom is 0.337 e. The van der Waals surface area contributed by atoms with Crippen LogP contribution in [-0.4, -0.2) is 31.1 Å². The number of aromatic hydroxyl groups is 1. The molecule has 1 heterocycles. The Labute approximate surface area is 227 Å². The molecule has 1 aliphatic heterocycles. The summed E-state index contributed by atoms with van der Waals surface area (Å²) in [4.78, 5) is 27.3. The molecule has 2 unspecified atom stereocenters. The molecule has 7 nitrogen and oxygen atoms in total. The molecule has 7 heteroatoms. The molecule has 0 spiro atoms. The monoisotopic (exact) mass is 525 g/mol. The van der Waals surface area contributed by atoms with Gasteiger partial charge in [-0.05, 0) is 60.2 Å². The van der Waals surface area contributed by atoms with E-state index >= 15 is 0 Å². The number of rotatable bonds is 7. The zero-order chi connectivity index (χ0) is 27.5. The first-order chi connectivity index (χ1) is 18.9. The first-order valence-electron chi connectivity index (χ1n) is 12.9. The van der Waals surface area contributed by atoms with Crippen LogP contribution in [0.3, 0.4) is 0 Å². The average Bonchev–Trinajstić information content (AvgIpc) is 2.95. The lowest BCUT2D eigenvalue weighted by Crippen LogP contribution is -2.36.